The first-order chi connectivity index (χ1) is 9.93. The lowest BCUT2D eigenvalue weighted by Crippen LogP contribution is -2.23. The summed E-state index contributed by atoms with van der Waals surface area (Å²) in [6, 6.07) is 6.73. The van der Waals surface area contributed by atoms with Crippen LogP contribution < -0.4 is 0 Å². The van der Waals surface area contributed by atoms with Gasteiger partial charge in [0.2, 0.25) is 5.78 Å². The lowest BCUT2D eigenvalue weighted by molar-refractivity contribution is -0.385. The van der Waals surface area contributed by atoms with Gasteiger partial charge in [-0.25, -0.2) is 0 Å². The molecule has 0 unspecified atom stereocenters. The number of fused-ring (bicyclic) bond motifs is 2. The maximum atomic E-state index is 12.5. The molecule has 0 heterocycles. The highest BCUT2D eigenvalue weighted by atomic mass is 35.5. The van der Waals surface area contributed by atoms with Crippen molar-refractivity contribution in [1.82, 2.24) is 0 Å². The van der Waals surface area contributed by atoms with Crippen molar-refractivity contribution in [3.05, 3.63) is 72.7 Å². The molecule has 2 aromatic carbocycles. The lowest BCUT2D eigenvalue weighted by Gasteiger charge is -2.19. The highest BCUT2D eigenvalue weighted by Gasteiger charge is 2.38. The molecule has 3 rings (SSSR count). The van der Waals surface area contributed by atoms with Gasteiger partial charge in [-0.15, -0.1) is 0 Å². The third-order valence-electron chi connectivity index (χ3n) is 3.27. The number of hydrogen-bond donors (Lipinski definition) is 0. The van der Waals surface area contributed by atoms with Gasteiger partial charge in [0.15, 0.2) is 5.78 Å². The van der Waals surface area contributed by atoms with Crippen molar-refractivity contribution < 1.29 is 14.5 Å². The Morgan fingerprint density at radius 1 is 0.857 bits per heavy atom. The van der Waals surface area contributed by atoms with Gasteiger partial charge < -0.3 is 0 Å². The third kappa shape index (κ3) is 1.86. The van der Waals surface area contributed by atoms with E-state index in [0.29, 0.717) is 0 Å². The molecule has 0 bridgehead atoms. The first-order valence-electron chi connectivity index (χ1n) is 5.78. The van der Waals surface area contributed by atoms with Crippen molar-refractivity contribution in [2.24, 2.45) is 0 Å². The van der Waals surface area contributed by atoms with Crippen LogP contribution in [0.25, 0.3) is 0 Å². The topological polar surface area (TPSA) is 77.3 Å². The average Bonchev–Trinajstić information content (AvgIpc) is 2.43. The van der Waals surface area contributed by atoms with E-state index in [0.717, 1.165) is 6.07 Å². The van der Waals surface area contributed by atoms with Crippen LogP contribution in [0.4, 0.5) is 5.69 Å². The van der Waals surface area contributed by atoms with Crippen LogP contribution in [0.3, 0.4) is 0 Å². The quantitative estimate of drug-likeness (QED) is 0.506. The molecular weight excluding hydrogens is 317 g/mol. The van der Waals surface area contributed by atoms with E-state index in [9.17, 15) is 19.7 Å². The van der Waals surface area contributed by atoms with Crippen LogP contribution in [0.15, 0.2) is 30.3 Å². The molecule has 0 atom stereocenters. The van der Waals surface area contributed by atoms with E-state index in [1.807, 2.05) is 0 Å². The molecule has 1 aliphatic carbocycles. The van der Waals surface area contributed by atoms with Crippen molar-refractivity contribution in [3.8, 4) is 0 Å². The molecule has 0 saturated heterocycles. The van der Waals surface area contributed by atoms with Gasteiger partial charge >= 0.3 is 0 Å². The second-order valence-electron chi connectivity index (χ2n) is 4.39. The Morgan fingerprint density at radius 2 is 1.52 bits per heavy atom. The van der Waals surface area contributed by atoms with Crippen LogP contribution >= 0.6 is 23.2 Å². The van der Waals surface area contributed by atoms with Crippen LogP contribution in [0.5, 0.6) is 0 Å². The SMILES string of the molecule is O=C1c2c(Cl)cccc2C(=O)c2c([N+](=O)[O-])ccc(Cl)c21. The average molecular weight is 322 g/mol. The highest BCUT2D eigenvalue weighted by Crippen LogP contribution is 2.38. The number of hydrogen-bond acceptors (Lipinski definition) is 4. The van der Waals surface area contributed by atoms with E-state index in [1.165, 1.54) is 24.3 Å². The Bertz CT molecular complexity index is 845. The van der Waals surface area contributed by atoms with E-state index in [1.54, 1.807) is 0 Å². The number of nitro groups is 1. The molecule has 1 aliphatic rings. The Hall–Kier alpha value is -2.24. The Labute approximate surface area is 128 Å². The van der Waals surface area contributed by atoms with Crippen LogP contribution in [0.2, 0.25) is 10.0 Å². The number of carbonyl (C=O) groups is 2. The standard InChI is InChI=1S/C14H5Cl2NO4/c15-7-3-1-2-6-10(7)14(19)11-8(16)4-5-9(17(20)21)12(11)13(6)18/h1-5H. The molecule has 0 fully saturated rings. The molecule has 0 saturated carbocycles. The zero-order valence-corrected chi connectivity index (χ0v) is 11.7. The maximum Gasteiger partial charge on any atom is 0.281 e. The molecule has 2 aromatic rings. The van der Waals surface area contributed by atoms with E-state index in [4.69, 9.17) is 23.2 Å². The molecule has 5 nitrogen and oxygen atoms in total. The molecule has 0 aromatic heterocycles. The normalized spacial score (nSPS) is 12.9. The minimum Gasteiger partial charge on any atom is -0.288 e. The molecule has 7 heteroatoms. The number of benzene rings is 2. The Balaban J connectivity index is 2.43. The molecule has 0 aliphatic heterocycles. The fourth-order valence-corrected chi connectivity index (χ4v) is 2.88. The Kier molecular flexibility index (Phi) is 3.04. The highest BCUT2D eigenvalue weighted by molar-refractivity contribution is 6.43. The molecule has 21 heavy (non-hydrogen) atoms. The van der Waals surface area contributed by atoms with Gasteiger partial charge in [0.1, 0.15) is 5.56 Å². The van der Waals surface area contributed by atoms with Crippen LogP contribution in [0, 0.1) is 10.1 Å². The van der Waals surface area contributed by atoms with E-state index in [-0.39, 0.29) is 32.3 Å². The minimum atomic E-state index is -0.712. The van der Waals surface area contributed by atoms with Crippen LogP contribution in [-0.2, 0) is 0 Å². The summed E-state index contributed by atoms with van der Waals surface area (Å²) in [4.78, 5) is 35.4. The molecule has 0 amide bonds. The van der Waals surface area contributed by atoms with E-state index >= 15 is 0 Å². The summed E-state index contributed by atoms with van der Waals surface area (Å²) in [6.45, 7) is 0. The lowest BCUT2D eigenvalue weighted by atomic mass is 9.83. The molecule has 0 radical (unpaired) electrons. The third-order valence-corrected chi connectivity index (χ3v) is 3.90. The first kappa shape index (κ1) is 13.7. The Morgan fingerprint density at radius 3 is 2.19 bits per heavy atom. The maximum absolute atomic E-state index is 12.5. The summed E-state index contributed by atoms with van der Waals surface area (Å²) in [5, 5.41) is 11.2. The second kappa shape index (κ2) is 4.65. The summed E-state index contributed by atoms with van der Waals surface area (Å²) in [5.41, 5.74) is -0.827. The van der Waals surface area contributed by atoms with Crippen molar-refractivity contribution in [1.29, 1.82) is 0 Å². The van der Waals surface area contributed by atoms with Crippen molar-refractivity contribution in [3.63, 3.8) is 0 Å². The van der Waals surface area contributed by atoms with Gasteiger partial charge in [-0.3, -0.25) is 19.7 Å². The summed E-state index contributed by atoms with van der Waals surface area (Å²) in [7, 11) is 0. The number of halogens is 2. The van der Waals surface area contributed by atoms with Gasteiger partial charge in [0.25, 0.3) is 5.69 Å². The van der Waals surface area contributed by atoms with Gasteiger partial charge in [-0.1, -0.05) is 35.3 Å². The van der Waals surface area contributed by atoms with Gasteiger partial charge in [-0.2, -0.15) is 0 Å². The molecule has 0 spiro atoms. The summed E-state index contributed by atoms with van der Waals surface area (Å²) < 4.78 is 0. The second-order valence-corrected chi connectivity index (χ2v) is 5.21. The van der Waals surface area contributed by atoms with Gasteiger partial charge in [0, 0.05) is 11.6 Å². The number of nitro benzene ring substituents is 1. The van der Waals surface area contributed by atoms with Gasteiger partial charge in [-0.05, 0) is 12.1 Å². The predicted molar refractivity (Wildman–Crippen MR) is 76.4 cm³/mol. The molecule has 104 valence electrons. The number of nitrogens with zero attached hydrogens (tertiary/aromatic N) is 1. The van der Waals surface area contributed by atoms with E-state index < -0.39 is 22.2 Å². The summed E-state index contributed by atoms with van der Waals surface area (Å²) in [6.07, 6.45) is 0. The van der Waals surface area contributed by atoms with Crippen LogP contribution in [0.1, 0.15) is 31.8 Å². The number of rotatable bonds is 1. The van der Waals surface area contributed by atoms with Crippen molar-refractivity contribution in [2.75, 3.05) is 0 Å². The van der Waals surface area contributed by atoms with Gasteiger partial charge in [0.05, 0.1) is 26.1 Å². The monoisotopic (exact) mass is 321 g/mol. The molecular formula is C14H5Cl2NO4. The fourth-order valence-electron chi connectivity index (χ4n) is 2.37. The smallest absolute Gasteiger partial charge is 0.281 e. The first-order valence-corrected chi connectivity index (χ1v) is 6.54. The predicted octanol–water partition coefficient (Wildman–Crippen LogP) is 3.68. The fraction of sp³-hybridized carbons (Fsp3) is 0. The zero-order valence-electron chi connectivity index (χ0n) is 10.2. The van der Waals surface area contributed by atoms with Crippen LogP contribution in [-0.4, -0.2) is 16.5 Å². The van der Waals surface area contributed by atoms with Crippen molar-refractivity contribution >= 4 is 40.5 Å². The summed E-state index contributed by atoms with van der Waals surface area (Å²) >= 11 is 11.9. The summed E-state index contributed by atoms with van der Waals surface area (Å²) in [5.74, 6) is -1.21. The van der Waals surface area contributed by atoms with Crippen molar-refractivity contribution in [2.45, 2.75) is 0 Å². The number of ketones is 2. The largest absolute Gasteiger partial charge is 0.288 e. The zero-order chi connectivity index (χ0) is 15.3. The molecule has 0 N–H and O–H groups in total. The minimum absolute atomic E-state index is 0.0143. The number of carbonyl (C=O) groups excluding carboxylic acids is 2. The van der Waals surface area contributed by atoms with E-state index in [2.05, 4.69) is 0 Å².